The van der Waals surface area contributed by atoms with E-state index in [4.69, 9.17) is 9.47 Å². The van der Waals surface area contributed by atoms with Crippen LogP contribution < -0.4 is 4.90 Å². The molecule has 0 unspecified atom stereocenters. The molecule has 3 fully saturated rings. The highest BCUT2D eigenvalue weighted by molar-refractivity contribution is 6.06. The number of benzene rings is 1. The second kappa shape index (κ2) is 9.13. The summed E-state index contributed by atoms with van der Waals surface area (Å²) in [6.45, 7) is 7.43. The number of ether oxygens (including phenoxy) is 2. The first kappa shape index (κ1) is 23.2. The van der Waals surface area contributed by atoms with Crippen LogP contribution in [-0.2, 0) is 21.3 Å². The topological polar surface area (TPSA) is 81.6 Å². The Balaban J connectivity index is 1.22. The number of hydrogen-bond donors (Lipinski definition) is 1. The van der Waals surface area contributed by atoms with E-state index in [0.29, 0.717) is 24.8 Å². The maximum atomic E-state index is 13.1. The largest absolute Gasteiger partial charge is 0.381 e. The summed E-state index contributed by atoms with van der Waals surface area (Å²) in [5.41, 5.74) is 8.34. The Hall–Kier alpha value is -2.92. The molecule has 2 aromatic rings. The highest BCUT2D eigenvalue weighted by Gasteiger charge is 2.46. The lowest BCUT2D eigenvalue weighted by molar-refractivity contribution is 0.0115. The zero-order valence-electron chi connectivity index (χ0n) is 21.4. The summed E-state index contributed by atoms with van der Waals surface area (Å²) >= 11 is 0. The number of rotatable bonds is 2. The Morgan fingerprint density at radius 3 is 2.51 bits per heavy atom. The van der Waals surface area contributed by atoms with Crippen LogP contribution in [0.1, 0.15) is 70.5 Å². The number of nitriles is 1. The fraction of sp³-hybridized carbons (Fsp3) is 0.533. The van der Waals surface area contributed by atoms with Crippen molar-refractivity contribution in [3.05, 3.63) is 57.4 Å². The maximum absolute atomic E-state index is 13.1. The number of nitrogens with one attached hydrogen (secondary N) is 1. The van der Waals surface area contributed by atoms with Crippen LogP contribution in [0.5, 0.6) is 0 Å². The number of piperidine rings is 1. The lowest BCUT2D eigenvalue weighted by Gasteiger charge is -2.44. The second-order valence-corrected chi connectivity index (χ2v) is 11.2. The molecule has 37 heavy (non-hydrogen) atoms. The van der Waals surface area contributed by atoms with Gasteiger partial charge >= 0.3 is 0 Å². The number of allylic oxidation sites excluding steroid dienone is 1. The number of H-pyrrole nitrogens is 1. The fourth-order valence-electron chi connectivity index (χ4n) is 7.49. The minimum atomic E-state index is -0.179. The van der Waals surface area contributed by atoms with Gasteiger partial charge in [0, 0.05) is 86.2 Å². The molecule has 3 saturated heterocycles. The van der Waals surface area contributed by atoms with E-state index in [2.05, 4.69) is 39.1 Å². The number of carbonyl (C=O) groups is 1. The van der Waals surface area contributed by atoms with Gasteiger partial charge in [-0.25, -0.2) is 0 Å². The van der Waals surface area contributed by atoms with Crippen molar-refractivity contribution in [1.82, 2.24) is 9.88 Å². The van der Waals surface area contributed by atoms with Crippen LogP contribution in [0.2, 0.25) is 0 Å². The summed E-state index contributed by atoms with van der Waals surface area (Å²) in [5.74, 6) is 0.0666. The number of ketones is 1. The third-order valence-electron chi connectivity index (χ3n) is 9.42. The van der Waals surface area contributed by atoms with Crippen LogP contribution in [0.15, 0.2) is 23.8 Å². The van der Waals surface area contributed by atoms with Crippen molar-refractivity contribution in [2.75, 3.05) is 57.5 Å². The van der Waals surface area contributed by atoms with E-state index in [1.165, 1.54) is 35.3 Å². The smallest absolute Gasteiger partial charge is 0.170 e. The van der Waals surface area contributed by atoms with E-state index < -0.39 is 0 Å². The van der Waals surface area contributed by atoms with Crippen molar-refractivity contribution in [3.8, 4) is 6.07 Å². The van der Waals surface area contributed by atoms with Crippen LogP contribution in [0.4, 0.5) is 5.69 Å². The third kappa shape index (κ3) is 3.77. The van der Waals surface area contributed by atoms with Gasteiger partial charge in [0.25, 0.3) is 0 Å². The fourth-order valence-corrected chi connectivity index (χ4v) is 7.49. The van der Waals surface area contributed by atoms with Crippen LogP contribution >= 0.6 is 0 Å². The van der Waals surface area contributed by atoms with E-state index in [1.54, 1.807) is 0 Å². The van der Waals surface area contributed by atoms with Gasteiger partial charge in [0.1, 0.15) is 0 Å². The van der Waals surface area contributed by atoms with Crippen molar-refractivity contribution in [2.24, 2.45) is 0 Å². The second-order valence-electron chi connectivity index (χ2n) is 11.2. The molecule has 5 aliphatic rings. The Morgan fingerprint density at radius 2 is 1.76 bits per heavy atom. The molecule has 7 heteroatoms. The average Bonchev–Trinajstić information content (AvgIpc) is 3.34. The SMILES string of the molecule is N#CC1=Cc2[nH]c3c(c2C(=O)C1)Cc1ccc(N2CCC(N4CCOCC4)CC2)cc1C31CCOCC1. The van der Waals surface area contributed by atoms with Crippen molar-refractivity contribution >= 4 is 17.5 Å². The highest BCUT2D eigenvalue weighted by atomic mass is 16.5. The standard InChI is InChI=1S/C30H34N4O3/c31-19-20-15-26-28(27(35)16-20)24-17-21-1-2-23(18-25(21)30(29(24)32-26)5-11-36-12-6-30)33-7-3-22(4-8-33)34-9-13-37-14-10-34/h1-2,15,18,22,32H,3-14,16-17H2. The molecule has 192 valence electrons. The highest BCUT2D eigenvalue weighted by Crippen LogP contribution is 2.50. The van der Waals surface area contributed by atoms with Gasteiger partial charge in [-0.1, -0.05) is 6.07 Å². The van der Waals surface area contributed by atoms with Crippen LogP contribution in [0, 0.1) is 11.3 Å². The van der Waals surface area contributed by atoms with E-state index in [1.807, 2.05) is 6.08 Å². The van der Waals surface area contributed by atoms with Gasteiger partial charge in [-0.2, -0.15) is 5.26 Å². The van der Waals surface area contributed by atoms with Crippen molar-refractivity contribution in [1.29, 1.82) is 5.26 Å². The molecular weight excluding hydrogens is 464 g/mol. The quantitative estimate of drug-likeness (QED) is 0.678. The van der Waals surface area contributed by atoms with Gasteiger partial charge in [-0.3, -0.25) is 9.69 Å². The Kier molecular flexibility index (Phi) is 5.73. The van der Waals surface area contributed by atoms with E-state index in [9.17, 15) is 10.1 Å². The lowest BCUT2D eigenvalue weighted by atomic mass is 9.64. The molecule has 0 atom stereocenters. The molecule has 0 amide bonds. The summed E-state index contributed by atoms with van der Waals surface area (Å²) in [5, 5.41) is 9.45. The van der Waals surface area contributed by atoms with Crippen molar-refractivity contribution in [3.63, 3.8) is 0 Å². The molecule has 1 spiro atoms. The minimum Gasteiger partial charge on any atom is -0.381 e. The molecule has 4 heterocycles. The van der Waals surface area contributed by atoms with E-state index in [-0.39, 0.29) is 17.6 Å². The number of nitrogens with zero attached hydrogens (tertiary/aromatic N) is 3. The Labute approximate surface area is 218 Å². The first-order valence-corrected chi connectivity index (χ1v) is 13.8. The molecule has 3 aliphatic heterocycles. The van der Waals surface area contributed by atoms with Crippen molar-refractivity contribution in [2.45, 2.75) is 50.0 Å². The first-order valence-electron chi connectivity index (χ1n) is 13.8. The van der Waals surface area contributed by atoms with E-state index in [0.717, 1.165) is 75.5 Å². The number of aromatic amines is 1. The van der Waals surface area contributed by atoms with Gasteiger partial charge in [-0.15, -0.1) is 0 Å². The van der Waals surface area contributed by atoms with Gasteiger partial charge in [0.15, 0.2) is 5.78 Å². The number of fused-ring (bicyclic) bond motifs is 6. The van der Waals surface area contributed by atoms with Gasteiger partial charge in [-0.05, 0) is 60.6 Å². The van der Waals surface area contributed by atoms with Gasteiger partial charge in [0.05, 0.1) is 25.0 Å². The monoisotopic (exact) mass is 498 g/mol. The normalized spacial score (nSPS) is 23.7. The molecule has 0 saturated carbocycles. The zero-order chi connectivity index (χ0) is 25.0. The van der Waals surface area contributed by atoms with Gasteiger partial charge < -0.3 is 19.4 Å². The minimum absolute atomic E-state index is 0.0666. The van der Waals surface area contributed by atoms with E-state index >= 15 is 0 Å². The summed E-state index contributed by atoms with van der Waals surface area (Å²) in [6, 6.07) is 9.90. The number of aromatic nitrogens is 1. The predicted octanol–water partition coefficient (Wildman–Crippen LogP) is 3.81. The summed E-state index contributed by atoms with van der Waals surface area (Å²) in [7, 11) is 0. The number of carbonyl (C=O) groups excluding carboxylic acids is 1. The molecule has 0 bridgehead atoms. The number of morpholine rings is 1. The maximum Gasteiger partial charge on any atom is 0.170 e. The number of hydrogen-bond acceptors (Lipinski definition) is 6. The van der Waals surface area contributed by atoms with Crippen molar-refractivity contribution < 1.29 is 14.3 Å². The first-order chi connectivity index (χ1) is 18.2. The molecule has 7 nitrogen and oxygen atoms in total. The summed E-state index contributed by atoms with van der Waals surface area (Å²) in [4.78, 5) is 22.0. The lowest BCUT2D eigenvalue weighted by Crippen LogP contribution is -2.49. The van der Waals surface area contributed by atoms with Crippen LogP contribution in [0.25, 0.3) is 6.08 Å². The molecule has 2 aliphatic carbocycles. The summed E-state index contributed by atoms with van der Waals surface area (Å²) < 4.78 is 11.4. The molecule has 1 aromatic heterocycles. The Bertz CT molecular complexity index is 1300. The molecule has 7 rings (SSSR count). The van der Waals surface area contributed by atoms with Gasteiger partial charge in [0.2, 0.25) is 0 Å². The predicted molar refractivity (Wildman–Crippen MR) is 141 cm³/mol. The van der Waals surface area contributed by atoms with Crippen LogP contribution in [0.3, 0.4) is 0 Å². The average molecular weight is 499 g/mol. The summed E-state index contributed by atoms with van der Waals surface area (Å²) in [6.07, 6.45) is 7.04. The molecular formula is C30H34N4O3. The zero-order valence-corrected chi connectivity index (χ0v) is 21.4. The molecule has 1 aromatic carbocycles. The molecule has 1 N–H and O–H groups in total. The third-order valence-corrected chi connectivity index (χ3v) is 9.42. The Morgan fingerprint density at radius 1 is 1.00 bits per heavy atom. The number of Topliss-reactive ketones (excluding diaryl/α,β-unsaturated/α-hetero) is 1. The molecule has 0 radical (unpaired) electrons. The number of anilines is 1. The van der Waals surface area contributed by atoms with Crippen LogP contribution in [-0.4, -0.2) is 74.3 Å².